The van der Waals surface area contributed by atoms with E-state index in [1.54, 1.807) is 22.7 Å². The van der Waals surface area contributed by atoms with Crippen molar-refractivity contribution in [3.05, 3.63) is 76.6 Å². The molecule has 0 aliphatic carbocycles. The van der Waals surface area contributed by atoms with E-state index in [2.05, 4.69) is 50.2 Å². The molecule has 0 amide bonds. The molecule has 0 bridgehead atoms. The van der Waals surface area contributed by atoms with E-state index in [0.29, 0.717) is 5.56 Å². The second-order valence-corrected chi connectivity index (χ2v) is 9.58. The van der Waals surface area contributed by atoms with Crippen molar-refractivity contribution in [1.29, 1.82) is 5.26 Å². The van der Waals surface area contributed by atoms with Crippen molar-refractivity contribution >= 4 is 32.8 Å². The molecule has 5 rings (SSSR count). The fraction of sp³-hybridized carbons (Fsp3) is 0.154. The Balaban J connectivity index is 1.71. The molecule has 2 aromatic carbocycles. The van der Waals surface area contributed by atoms with E-state index >= 15 is 0 Å². The summed E-state index contributed by atoms with van der Waals surface area (Å²) in [5, 5.41) is 11.5. The van der Waals surface area contributed by atoms with Crippen LogP contribution in [-0.2, 0) is 6.42 Å². The molecule has 3 heterocycles. The van der Waals surface area contributed by atoms with Gasteiger partial charge < -0.3 is 4.42 Å². The van der Waals surface area contributed by atoms with Gasteiger partial charge in [0.05, 0.1) is 27.2 Å². The zero-order valence-electron chi connectivity index (χ0n) is 17.5. The number of thiophene rings is 1. The van der Waals surface area contributed by atoms with Crippen molar-refractivity contribution in [2.24, 2.45) is 0 Å². The molecule has 0 radical (unpaired) electrons. The van der Waals surface area contributed by atoms with Crippen LogP contribution in [0.25, 0.3) is 42.3 Å². The second-order valence-electron chi connectivity index (χ2n) is 7.45. The van der Waals surface area contributed by atoms with E-state index < -0.39 is 0 Å². The third-order valence-electron chi connectivity index (χ3n) is 5.43. The Kier molecular flexibility index (Phi) is 4.97. The number of fused-ring (bicyclic) bond motifs is 1. The standard InChI is InChI=1S/C26H20N2OS2/c1-4-23-28-15(2)25(31-23)24-19-7-5-6-8-22(19)30-26(24)20-13-21(29-16(20)3)18-11-9-17(14-27)10-12-18/h5-13H,4H2,1-3H3. The van der Waals surface area contributed by atoms with Crippen LogP contribution in [0.1, 0.15) is 28.9 Å². The molecule has 5 heteroatoms. The average Bonchev–Trinajstić information content (AvgIpc) is 3.47. The highest BCUT2D eigenvalue weighted by Gasteiger charge is 2.23. The molecule has 3 nitrogen and oxygen atoms in total. The summed E-state index contributed by atoms with van der Waals surface area (Å²) >= 11 is 3.59. The summed E-state index contributed by atoms with van der Waals surface area (Å²) in [5.74, 6) is 1.71. The number of hydrogen-bond donors (Lipinski definition) is 0. The predicted molar refractivity (Wildman–Crippen MR) is 130 cm³/mol. The van der Waals surface area contributed by atoms with E-state index in [4.69, 9.17) is 14.7 Å². The van der Waals surface area contributed by atoms with Crippen molar-refractivity contribution in [2.45, 2.75) is 27.2 Å². The van der Waals surface area contributed by atoms with Crippen LogP contribution in [0.4, 0.5) is 0 Å². The Morgan fingerprint density at radius 3 is 2.48 bits per heavy atom. The van der Waals surface area contributed by atoms with Crippen molar-refractivity contribution in [3.8, 4) is 38.3 Å². The highest BCUT2D eigenvalue weighted by atomic mass is 32.1. The van der Waals surface area contributed by atoms with Gasteiger partial charge >= 0.3 is 0 Å². The summed E-state index contributed by atoms with van der Waals surface area (Å²) in [6.07, 6.45) is 0.941. The molecule has 0 saturated heterocycles. The molecule has 0 aliphatic heterocycles. The topological polar surface area (TPSA) is 49.8 Å². The Labute approximate surface area is 189 Å². The number of nitrogens with zero attached hydrogens (tertiary/aromatic N) is 2. The van der Waals surface area contributed by atoms with Crippen molar-refractivity contribution in [2.75, 3.05) is 0 Å². The average molecular weight is 441 g/mol. The van der Waals surface area contributed by atoms with Gasteiger partial charge in [0.1, 0.15) is 11.5 Å². The Morgan fingerprint density at radius 1 is 1.00 bits per heavy atom. The lowest BCUT2D eigenvalue weighted by Gasteiger charge is -2.03. The summed E-state index contributed by atoms with van der Waals surface area (Å²) in [6, 6.07) is 20.4. The molecule has 0 N–H and O–H groups in total. The maximum atomic E-state index is 9.07. The summed E-state index contributed by atoms with van der Waals surface area (Å²) in [7, 11) is 0. The largest absolute Gasteiger partial charge is 0.461 e. The van der Waals surface area contributed by atoms with Crippen LogP contribution in [0.3, 0.4) is 0 Å². The van der Waals surface area contributed by atoms with E-state index in [0.717, 1.165) is 39.8 Å². The Bertz CT molecular complexity index is 1450. The van der Waals surface area contributed by atoms with Crippen LogP contribution in [0.2, 0.25) is 0 Å². The molecule has 0 atom stereocenters. The number of aryl methyl sites for hydroxylation is 3. The van der Waals surface area contributed by atoms with Gasteiger partial charge in [-0.25, -0.2) is 4.98 Å². The number of furan rings is 1. The van der Waals surface area contributed by atoms with Crippen LogP contribution in [0.5, 0.6) is 0 Å². The number of hydrogen-bond acceptors (Lipinski definition) is 5. The molecule has 0 aliphatic rings. The summed E-state index contributed by atoms with van der Waals surface area (Å²) in [6.45, 7) is 6.28. The minimum absolute atomic E-state index is 0.645. The number of aromatic nitrogens is 1. The maximum Gasteiger partial charge on any atom is 0.134 e. The van der Waals surface area contributed by atoms with Gasteiger partial charge in [-0.2, -0.15) is 5.26 Å². The van der Waals surface area contributed by atoms with Gasteiger partial charge in [0.25, 0.3) is 0 Å². The molecule has 0 unspecified atom stereocenters. The normalized spacial score (nSPS) is 11.2. The molecular formula is C26H20N2OS2. The number of nitriles is 1. The van der Waals surface area contributed by atoms with Crippen molar-refractivity contribution < 1.29 is 4.42 Å². The Morgan fingerprint density at radius 2 is 1.77 bits per heavy atom. The van der Waals surface area contributed by atoms with E-state index in [-0.39, 0.29) is 0 Å². The lowest BCUT2D eigenvalue weighted by Crippen LogP contribution is -1.81. The molecule has 0 fully saturated rings. The third-order valence-corrected chi connectivity index (χ3v) is 7.95. The zero-order chi connectivity index (χ0) is 21.5. The maximum absolute atomic E-state index is 9.07. The van der Waals surface area contributed by atoms with Crippen LogP contribution in [0.15, 0.2) is 59.0 Å². The van der Waals surface area contributed by atoms with Gasteiger partial charge in [0.15, 0.2) is 0 Å². The molecular weight excluding hydrogens is 420 g/mol. The first-order valence-corrected chi connectivity index (χ1v) is 11.8. The lowest BCUT2D eigenvalue weighted by atomic mass is 10.0. The molecule has 3 aromatic heterocycles. The predicted octanol–water partition coefficient (Wildman–Crippen LogP) is 8.00. The van der Waals surface area contributed by atoms with Crippen LogP contribution in [0, 0.1) is 25.2 Å². The minimum Gasteiger partial charge on any atom is -0.461 e. The SMILES string of the molecule is CCc1nc(C)c(-c2c(-c3cc(-c4ccc(C#N)cc4)oc3C)sc3ccccc23)s1. The molecule has 152 valence electrons. The Hall–Kier alpha value is -3.20. The highest BCUT2D eigenvalue weighted by molar-refractivity contribution is 7.24. The van der Waals surface area contributed by atoms with Crippen LogP contribution < -0.4 is 0 Å². The second kappa shape index (κ2) is 7.81. The van der Waals surface area contributed by atoms with Gasteiger partial charge in [0, 0.05) is 31.7 Å². The third kappa shape index (κ3) is 3.38. The van der Waals surface area contributed by atoms with E-state index in [9.17, 15) is 0 Å². The van der Waals surface area contributed by atoms with Gasteiger partial charge in [0.2, 0.25) is 0 Å². The first kappa shape index (κ1) is 19.7. The van der Waals surface area contributed by atoms with Crippen molar-refractivity contribution in [1.82, 2.24) is 4.98 Å². The summed E-state index contributed by atoms with van der Waals surface area (Å²) in [5.41, 5.74) is 5.07. The van der Waals surface area contributed by atoms with Crippen LogP contribution in [-0.4, -0.2) is 4.98 Å². The summed E-state index contributed by atoms with van der Waals surface area (Å²) < 4.78 is 7.45. The molecule has 31 heavy (non-hydrogen) atoms. The molecule has 0 spiro atoms. The van der Waals surface area contributed by atoms with Gasteiger partial charge in [-0.3, -0.25) is 0 Å². The lowest BCUT2D eigenvalue weighted by molar-refractivity contribution is 0.549. The summed E-state index contributed by atoms with van der Waals surface area (Å²) in [4.78, 5) is 7.25. The number of rotatable bonds is 4. The number of benzene rings is 2. The van der Waals surface area contributed by atoms with Gasteiger partial charge in [-0.15, -0.1) is 22.7 Å². The van der Waals surface area contributed by atoms with Gasteiger partial charge in [-0.1, -0.05) is 25.1 Å². The first-order chi connectivity index (χ1) is 15.1. The zero-order valence-corrected chi connectivity index (χ0v) is 19.2. The van der Waals surface area contributed by atoms with E-state index in [1.807, 2.05) is 31.2 Å². The molecule has 0 saturated carbocycles. The quantitative estimate of drug-likeness (QED) is 0.284. The minimum atomic E-state index is 0.645. The smallest absolute Gasteiger partial charge is 0.134 e. The van der Waals surface area contributed by atoms with Gasteiger partial charge in [-0.05, 0) is 56.7 Å². The number of thiazole rings is 1. The molecule has 5 aromatic rings. The fourth-order valence-corrected chi connectivity index (χ4v) is 6.26. The highest BCUT2D eigenvalue weighted by Crippen LogP contribution is 2.49. The fourth-order valence-electron chi connectivity index (χ4n) is 3.85. The van der Waals surface area contributed by atoms with E-state index in [1.165, 1.54) is 25.4 Å². The monoisotopic (exact) mass is 440 g/mol. The van der Waals surface area contributed by atoms with Crippen molar-refractivity contribution in [3.63, 3.8) is 0 Å². The van der Waals surface area contributed by atoms with Crippen LogP contribution >= 0.6 is 22.7 Å². The first-order valence-electron chi connectivity index (χ1n) is 10.2.